The number of hydrogen-bond donors (Lipinski definition) is 2. The van der Waals surface area contributed by atoms with E-state index in [2.05, 4.69) is 45.0 Å². The van der Waals surface area contributed by atoms with Crippen LogP contribution in [-0.2, 0) is 0 Å². The van der Waals surface area contributed by atoms with Gasteiger partial charge in [-0.1, -0.05) is 56.9 Å². The summed E-state index contributed by atoms with van der Waals surface area (Å²) in [5, 5.41) is 18.0. The molecular formula is C25H36O4. The lowest BCUT2D eigenvalue weighted by Crippen LogP contribution is -2.06. The number of benzene rings is 2. The molecule has 4 heteroatoms. The van der Waals surface area contributed by atoms with Crippen molar-refractivity contribution in [3.63, 3.8) is 0 Å². The molecule has 0 aliphatic carbocycles. The van der Waals surface area contributed by atoms with Gasteiger partial charge in [0.1, 0.15) is 24.7 Å². The second-order valence-corrected chi connectivity index (χ2v) is 7.60. The van der Waals surface area contributed by atoms with Crippen molar-refractivity contribution < 1.29 is 19.7 Å². The third-order valence-corrected chi connectivity index (χ3v) is 5.25. The molecule has 160 valence electrons. The van der Waals surface area contributed by atoms with E-state index in [1.165, 1.54) is 36.8 Å². The van der Waals surface area contributed by atoms with Crippen LogP contribution >= 0.6 is 0 Å². The smallest absolute Gasteiger partial charge is 0.122 e. The van der Waals surface area contributed by atoms with Gasteiger partial charge >= 0.3 is 0 Å². The van der Waals surface area contributed by atoms with E-state index in [0.29, 0.717) is 19.1 Å². The maximum atomic E-state index is 9.00. The van der Waals surface area contributed by atoms with Gasteiger partial charge in [-0.2, -0.15) is 0 Å². The molecule has 0 radical (unpaired) electrons. The van der Waals surface area contributed by atoms with Crippen LogP contribution in [0.15, 0.2) is 36.4 Å². The molecule has 29 heavy (non-hydrogen) atoms. The Balaban J connectivity index is 2.27. The van der Waals surface area contributed by atoms with E-state index in [-0.39, 0.29) is 13.2 Å². The average Bonchev–Trinajstić information content (AvgIpc) is 2.72. The van der Waals surface area contributed by atoms with E-state index < -0.39 is 0 Å². The summed E-state index contributed by atoms with van der Waals surface area (Å²) in [6.45, 7) is 7.02. The molecule has 2 N–H and O–H groups in total. The molecule has 0 aliphatic rings. The molecule has 4 nitrogen and oxygen atoms in total. The largest absolute Gasteiger partial charge is 0.491 e. The summed E-state index contributed by atoms with van der Waals surface area (Å²) in [5.41, 5.74) is 4.76. The van der Waals surface area contributed by atoms with Crippen molar-refractivity contribution in [3.8, 4) is 11.5 Å². The minimum atomic E-state index is 0.0191. The first-order valence-corrected chi connectivity index (χ1v) is 10.8. The highest BCUT2D eigenvalue weighted by atomic mass is 16.5. The van der Waals surface area contributed by atoms with Gasteiger partial charge in [0.2, 0.25) is 0 Å². The monoisotopic (exact) mass is 400 g/mol. The number of rotatable bonds is 13. The van der Waals surface area contributed by atoms with E-state index in [0.717, 1.165) is 29.0 Å². The summed E-state index contributed by atoms with van der Waals surface area (Å²) < 4.78 is 11.2. The van der Waals surface area contributed by atoms with Crippen LogP contribution in [0.1, 0.15) is 67.2 Å². The van der Waals surface area contributed by atoms with Gasteiger partial charge < -0.3 is 19.7 Å². The van der Waals surface area contributed by atoms with E-state index >= 15 is 0 Å². The second-order valence-electron chi connectivity index (χ2n) is 7.60. The average molecular weight is 401 g/mol. The SMILES string of the molecule is CCCCCCC(c1ccc(OCCO)c(C)c1)c1ccc(OCCO)c(C)c1. The molecule has 0 saturated carbocycles. The van der Waals surface area contributed by atoms with Gasteiger partial charge in [-0.3, -0.25) is 0 Å². The molecule has 0 unspecified atom stereocenters. The Hall–Kier alpha value is -2.04. The maximum absolute atomic E-state index is 9.00. The Morgan fingerprint density at radius 3 is 1.69 bits per heavy atom. The van der Waals surface area contributed by atoms with E-state index in [9.17, 15) is 0 Å². The molecule has 2 aromatic rings. The summed E-state index contributed by atoms with van der Waals surface area (Å²) in [7, 11) is 0. The molecule has 2 aromatic carbocycles. The maximum Gasteiger partial charge on any atom is 0.122 e. The van der Waals surface area contributed by atoms with Crippen molar-refractivity contribution in [2.24, 2.45) is 0 Å². The van der Waals surface area contributed by atoms with Crippen LogP contribution in [0.25, 0.3) is 0 Å². The molecule has 0 amide bonds. The number of unbranched alkanes of at least 4 members (excludes halogenated alkanes) is 3. The topological polar surface area (TPSA) is 58.9 Å². The Morgan fingerprint density at radius 1 is 0.759 bits per heavy atom. The molecule has 0 saturated heterocycles. The van der Waals surface area contributed by atoms with Gasteiger partial charge in [-0.25, -0.2) is 0 Å². The lowest BCUT2D eigenvalue weighted by Gasteiger charge is -2.21. The third kappa shape index (κ3) is 7.06. The van der Waals surface area contributed by atoms with Crippen LogP contribution < -0.4 is 9.47 Å². The zero-order chi connectivity index (χ0) is 21.1. The fraction of sp³-hybridized carbons (Fsp3) is 0.520. The lowest BCUT2D eigenvalue weighted by atomic mass is 9.85. The molecule has 0 spiro atoms. The van der Waals surface area contributed by atoms with E-state index in [4.69, 9.17) is 19.7 Å². The normalized spacial score (nSPS) is 11.1. The molecule has 0 atom stereocenters. The van der Waals surface area contributed by atoms with E-state index in [1.807, 2.05) is 12.1 Å². The van der Waals surface area contributed by atoms with Gasteiger partial charge in [0.05, 0.1) is 13.2 Å². The minimum Gasteiger partial charge on any atom is -0.491 e. The van der Waals surface area contributed by atoms with Crippen LogP contribution in [-0.4, -0.2) is 36.6 Å². The van der Waals surface area contributed by atoms with E-state index in [1.54, 1.807) is 0 Å². The molecule has 0 aromatic heterocycles. The molecule has 0 bridgehead atoms. The number of aryl methyl sites for hydroxylation is 2. The van der Waals surface area contributed by atoms with Crippen LogP contribution in [0.5, 0.6) is 11.5 Å². The molecule has 0 fully saturated rings. The molecule has 0 heterocycles. The van der Waals surface area contributed by atoms with Crippen molar-refractivity contribution in [3.05, 3.63) is 58.7 Å². The minimum absolute atomic E-state index is 0.0191. The van der Waals surface area contributed by atoms with Gasteiger partial charge in [-0.15, -0.1) is 0 Å². The molecule has 0 aliphatic heterocycles. The zero-order valence-corrected chi connectivity index (χ0v) is 18.1. The van der Waals surface area contributed by atoms with Gasteiger partial charge in [0, 0.05) is 5.92 Å². The second kappa shape index (κ2) is 12.5. The first kappa shape index (κ1) is 23.2. The number of aliphatic hydroxyl groups is 2. The fourth-order valence-electron chi connectivity index (χ4n) is 3.71. The Morgan fingerprint density at radius 2 is 1.28 bits per heavy atom. The number of aliphatic hydroxyl groups excluding tert-OH is 2. The number of ether oxygens (including phenoxy) is 2. The quantitative estimate of drug-likeness (QED) is 0.457. The highest BCUT2D eigenvalue weighted by Crippen LogP contribution is 2.34. The highest BCUT2D eigenvalue weighted by molar-refractivity contribution is 5.44. The summed E-state index contributed by atoms with van der Waals surface area (Å²) in [6.07, 6.45) is 6.05. The first-order valence-electron chi connectivity index (χ1n) is 10.8. The Labute approximate surface area is 175 Å². The summed E-state index contributed by atoms with van der Waals surface area (Å²) in [4.78, 5) is 0. The van der Waals surface area contributed by atoms with Crippen molar-refractivity contribution in [2.45, 2.75) is 58.8 Å². The highest BCUT2D eigenvalue weighted by Gasteiger charge is 2.17. The van der Waals surface area contributed by atoms with Crippen LogP contribution in [0.2, 0.25) is 0 Å². The predicted molar refractivity (Wildman–Crippen MR) is 118 cm³/mol. The van der Waals surface area contributed by atoms with Crippen LogP contribution in [0, 0.1) is 13.8 Å². The number of hydrogen-bond acceptors (Lipinski definition) is 4. The Kier molecular flexibility index (Phi) is 10.0. The van der Waals surface area contributed by atoms with Crippen molar-refractivity contribution in [1.82, 2.24) is 0 Å². The van der Waals surface area contributed by atoms with Gasteiger partial charge in [0.15, 0.2) is 0 Å². The first-order chi connectivity index (χ1) is 14.1. The van der Waals surface area contributed by atoms with Crippen molar-refractivity contribution in [2.75, 3.05) is 26.4 Å². The van der Waals surface area contributed by atoms with Crippen LogP contribution in [0.4, 0.5) is 0 Å². The molecular weight excluding hydrogens is 364 g/mol. The fourth-order valence-corrected chi connectivity index (χ4v) is 3.71. The Bertz CT molecular complexity index is 684. The van der Waals surface area contributed by atoms with Gasteiger partial charge in [0.25, 0.3) is 0 Å². The standard InChI is InChI=1S/C25H36O4/c1-4-5-6-7-8-23(21-9-11-24(19(2)17-21)28-15-13-26)22-10-12-25(20(3)18-22)29-16-14-27/h9-12,17-18,23,26-27H,4-8,13-16H2,1-3H3. The summed E-state index contributed by atoms with van der Waals surface area (Å²) >= 11 is 0. The predicted octanol–water partition coefficient (Wildman–Crippen LogP) is 5.15. The van der Waals surface area contributed by atoms with Gasteiger partial charge in [-0.05, 0) is 54.7 Å². The van der Waals surface area contributed by atoms with Crippen molar-refractivity contribution in [1.29, 1.82) is 0 Å². The molecule has 2 rings (SSSR count). The van der Waals surface area contributed by atoms with Crippen LogP contribution in [0.3, 0.4) is 0 Å². The lowest BCUT2D eigenvalue weighted by molar-refractivity contribution is 0.200. The zero-order valence-electron chi connectivity index (χ0n) is 18.1. The summed E-state index contributed by atoms with van der Waals surface area (Å²) in [6, 6.07) is 12.8. The third-order valence-electron chi connectivity index (χ3n) is 5.25. The summed E-state index contributed by atoms with van der Waals surface area (Å²) in [5.74, 6) is 1.98. The van der Waals surface area contributed by atoms with Crippen molar-refractivity contribution >= 4 is 0 Å².